The molecule has 25 heavy (non-hydrogen) atoms. The molecule has 2 aliphatic rings. The number of amides is 2. The highest BCUT2D eigenvalue weighted by Crippen LogP contribution is 2.36. The van der Waals surface area contributed by atoms with Gasteiger partial charge in [0, 0.05) is 11.4 Å². The predicted octanol–water partition coefficient (Wildman–Crippen LogP) is 4.25. The fraction of sp³-hybridized carbons (Fsp3) is 0.684. The molecule has 1 aliphatic heterocycles. The molecular formula is C19H28N2O3S. The van der Waals surface area contributed by atoms with Crippen molar-refractivity contribution in [2.45, 2.75) is 69.9 Å². The number of nitrogens with zero attached hydrogens (tertiary/aromatic N) is 1. The second-order valence-electron chi connectivity index (χ2n) is 7.12. The molecule has 1 N–H and O–H groups in total. The number of likely N-dealkylation sites (tertiary alicyclic amines) is 1. The van der Waals surface area contributed by atoms with E-state index in [0.29, 0.717) is 6.61 Å². The van der Waals surface area contributed by atoms with Gasteiger partial charge in [0.05, 0.1) is 24.6 Å². The lowest BCUT2D eigenvalue weighted by Crippen LogP contribution is -2.55. The minimum absolute atomic E-state index is 0.0258. The van der Waals surface area contributed by atoms with E-state index in [9.17, 15) is 9.59 Å². The number of thiophene rings is 1. The van der Waals surface area contributed by atoms with E-state index in [0.717, 1.165) is 45.1 Å². The molecule has 0 aromatic carbocycles. The minimum Gasteiger partial charge on any atom is -0.466 e. The summed E-state index contributed by atoms with van der Waals surface area (Å²) in [5.41, 5.74) is -0.440. The number of nitrogens with one attached hydrogen (secondary N) is 1. The average Bonchev–Trinajstić information content (AvgIpc) is 3.27. The molecule has 0 spiro atoms. The van der Waals surface area contributed by atoms with E-state index >= 15 is 0 Å². The van der Waals surface area contributed by atoms with E-state index in [4.69, 9.17) is 4.74 Å². The van der Waals surface area contributed by atoms with Gasteiger partial charge in [0.1, 0.15) is 0 Å². The van der Waals surface area contributed by atoms with Crippen molar-refractivity contribution >= 4 is 23.3 Å². The summed E-state index contributed by atoms with van der Waals surface area (Å²) in [6.07, 6.45) is 7.30. The summed E-state index contributed by atoms with van der Waals surface area (Å²) in [5.74, 6) is -0.207. The third-order valence-electron chi connectivity index (χ3n) is 5.36. The van der Waals surface area contributed by atoms with Crippen molar-refractivity contribution in [2.24, 2.45) is 0 Å². The number of carbonyl (C=O) groups excluding carboxylic acids is 2. The topological polar surface area (TPSA) is 58.6 Å². The normalized spacial score (nSPS) is 22.6. The van der Waals surface area contributed by atoms with Gasteiger partial charge in [-0.05, 0) is 44.1 Å². The summed E-state index contributed by atoms with van der Waals surface area (Å²) >= 11 is 1.71. The molecule has 0 bridgehead atoms. The minimum atomic E-state index is -0.440. The molecule has 2 amide bonds. The SMILES string of the molecule is CCOC(=O)CC1(NC(=O)N2CCC[C@@H]2c2cccs2)CCCCC1. The summed E-state index contributed by atoms with van der Waals surface area (Å²) in [5, 5.41) is 5.31. The van der Waals surface area contributed by atoms with E-state index in [-0.39, 0.29) is 24.5 Å². The van der Waals surface area contributed by atoms with Crippen molar-refractivity contribution in [3.63, 3.8) is 0 Å². The molecule has 6 heteroatoms. The van der Waals surface area contributed by atoms with Crippen LogP contribution in [0.3, 0.4) is 0 Å². The van der Waals surface area contributed by atoms with Crippen LogP contribution >= 0.6 is 11.3 Å². The molecule has 0 radical (unpaired) electrons. The van der Waals surface area contributed by atoms with Crippen LogP contribution in [-0.4, -0.2) is 35.6 Å². The maximum absolute atomic E-state index is 13.0. The van der Waals surface area contributed by atoms with Crippen LogP contribution in [0.25, 0.3) is 0 Å². The Balaban J connectivity index is 1.70. The number of hydrogen-bond acceptors (Lipinski definition) is 4. The third-order valence-corrected chi connectivity index (χ3v) is 6.33. The largest absolute Gasteiger partial charge is 0.466 e. The fourth-order valence-electron chi connectivity index (χ4n) is 4.15. The van der Waals surface area contributed by atoms with Crippen molar-refractivity contribution in [1.29, 1.82) is 0 Å². The number of ether oxygens (including phenoxy) is 1. The molecule has 1 aromatic heterocycles. The summed E-state index contributed by atoms with van der Waals surface area (Å²) in [6, 6.07) is 4.29. The Labute approximate surface area is 153 Å². The smallest absolute Gasteiger partial charge is 0.318 e. The Morgan fingerprint density at radius 1 is 1.32 bits per heavy atom. The zero-order valence-corrected chi connectivity index (χ0v) is 15.8. The van der Waals surface area contributed by atoms with Gasteiger partial charge in [0.25, 0.3) is 0 Å². The molecule has 138 valence electrons. The first-order valence-corrected chi connectivity index (χ1v) is 10.3. The Morgan fingerprint density at radius 3 is 2.80 bits per heavy atom. The molecule has 1 atom stereocenters. The Hall–Kier alpha value is -1.56. The number of hydrogen-bond donors (Lipinski definition) is 1. The van der Waals surface area contributed by atoms with Crippen molar-refractivity contribution in [1.82, 2.24) is 10.2 Å². The molecule has 3 rings (SSSR count). The number of carbonyl (C=O) groups is 2. The number of urea groups is 1. The fourth-order valence-corrected chi connectivity index (χ4v) is 5.02. The van der Waals surface area contributed by atoms with E-state index < -0.39 is 5.54 Å². The first-order chi connectivity index (χ1) is 12.1. The van der Waals surface area contributed by atoms with Crippen molar-refractivity contribution in [3.8, 4) is 0 Å². The first-order valence-electron chi connectivity index (χ1n) is 9.41. The van der Waals surface area contributed by atoms with Crippen LogP contribution in [0.4, 0.5) is 4.79 Å². The van der Waals surface area contributed by atoms with Gasteiger partial charge < -0.3 is 15.0 Å². The lowest BCUT2D eigenvalue weighted by atomic mass is 9.79. The maximum atomic E-state index is 13.0. The molecule has 5 nitrogen and oxygen atoms in total. The average molecular weight is 365 g/mol. The molecule has 1 saturated heterocycles. The van der Waals surface area contributed by atoms with E-state index in [2.05, 4.69) is 16.8 Å². The molecule has 2 heterocycles. The van der Waals surface area contributed by atoms with Crippen LogP contribution in [0.1, 0.15) is 69.2 Å². The third kappa shape index (κ3) is 4.35. The number of esters is 1. The van der Waals surface area contributed by atoms with Gasteiger partial charge >= 0.3 is 12.0 Å². The first kappa shape index (κ1) is 18.2. The Morgan fingerprint density at radius 2 is 2.12 bits per heavy atom. The predicted molar refractivity (Wildman–Crippen MR) is 98.6 cm³/mol. The molecular weight excluding hydrogens is 336 g/mol. The zero-order chi connectivity index (χ0) is 17.7. The highest BCUT2D eigenvalue weighted by atomic mass is 32.1. The zero-order valence-electron chi connectivity index (χ0n) is 15.0. The maximum Gasteiger partial charge on any atom is 0.318 e. The molecule has 2 fully saturated rings. The van der Waals surface area contributed by atoms with E-state index in [1.165, 1.54) is 11.3 Å². The van der Waals surface area contributed by atoms with Crippen molar-refractivity contribution in [3.05, 3.63) is 22.4 Å². The standard InChI is InChI=1S/C19H28N2O3S/c1-2-24-17(22)14-19(10-4-3-5-11-19)20-18(23)21-12-6-8-15(21)16-9-7-13-25-16/h7,9,13,15H,2-6,8,10-12,14H2,1H3,(H,20,23)/t15-/m1/s1. The summed E-state index contributed by atoms with van der Waals surface area (Å²) < 4.78 is 5.15. The molecule has 1 aliphatic carbocycles. The van der Waals surface area contributed by atoms with Gasteiger partial charge in [-0.3, -0.25) is 4.79 Å². The molecule has 1 aromatic rings. The van der Waals surface area contributed by atoms with Crippen LogP contribution in [0.5, 0.6) is 0 Å². The summed E-state index contributed by atoms with van der Waals surface area (Å²) in [4.78, 5) is 28.3. The van der Waals surface area contributed by atoms with Crippen molar-refractivity contribution < 1.29 is 14.3 Å². The van der Waals surface area contributed by atoms with Crippen LogP contribution in [0.15, 0.2) is 17.5 Å². The molecule has 1 saturated carbocycles. The monoisotopic (exact) mass is 364 g/mol. The van der Waals surface area contributed by atoms with Gasteiger partial charge in [0.15, 0.2) is 0 Å². The van der Waals surface area contributed by atoms with Gasteiger partial charge in [-0.15, -0.1) is 11.3 Å². The van der Waals surface area contributed by atoms with Gasteiger partial charge in [-0.25, -0.2) is 4.79 Å². The summed E-state index contributed by atoms with van der Waals surface area (Å²) in [6.45, 7) is 2.99. The number of rotatable bonds is 5. The van der Waals surface area contributed by atoms with Gasteiger partial charge in [0.2, 0.25) is 0 Å². The van der Waals surface area contributed by atoms with E-state index in [1.54, 1.807) is 11.3 Å². The quantitative estimate of drug-likeness (QED) is 0.795. The van der Waals surface area contributed by atoms with Crippen LogP contribution in [-0.2, 0) is 9.53 Å². The lowest BCUT2D eigenvalue weighted by Gasteiger charge is -2.39. The second kappa shape index (κ2) is 8.21. The van der Waals surface area contributed by atoms with Crippen LogP contribution < -0.4 is 5.32 Å². The highest BCUT2D eigenvalue weighted by Gasteiger charge is 2.39. The highest BCUT2D eigenvalue weighted by molar-refractivity contribution is 7.10. The van der Waals surface area contributed by atoms with Crippen LogP contribution in [0.2, 0.25) is 0 Å². The second-order valence-corrected chi connectivity index (χ2v) is 8.10. The Kier molecular flexibility index (Phi) is 5.99. The van der Waals surface area contributed by atoms with Gasteiger partial charge in [-0.1, -0.05) is 25.3 Å². The summed E-state index contributed by atoms with van der Waals surface area (Å²) in [7, 11) is 0. The van der Waals surface area contributed by atoms with Crippen molar-refractivity contribution in [2.75, 3.05) is 13.2 Å². The van der Waals surface area contributed by atoms with Gasteiger partial charge in [-0.2, -0.15) is 0 Å². The van der Waals surface area contributed by atoms with E-state index in [1.807, 2.05) is 17.9 Å². The lowest BCUT2D eigenvalue weighted by molar-refractivity contribution is -0.145. The molecule has 0 unspecified atom stereocenters. The Bertz CT molecular complexity index is 581. The van der Waals surface area contributed by atoms with Crippen LogP contribution in [0, 0.1) is 0 Å².